The minimum absolute atomic E-state index is 0.0149. The summed E-state index contributed by atoms with van der Waals surface area (Å²) >= 11 is 0. The number of H-pyrrole nitrogens is 1. The van der Waals surface area contributed by atoms with Crippen molar-refractivity contribution in [1.82, 2.24) is 4.98 Å². The van der Waals surface area contributed by atoms with Gasteiger partial charge in [0, 0.05) is 48.0 Å². The van der Waals surface area contributed by atoms with E-state index >= 15 is 0 Å². The van der Waals surface area contributed by atoms with E-state index < -0.39 is 54.6 Å². The number of esters is 4. The van der Waals surface area contributed by atoms with E-state index in [0.717, 1.165) is 16.5 Å². The lowest BCUT2D eigenvalue weighted by Gasteiger charge is -2.43. The molecule has 0 radical (unpaired) electrons. The molecule has 0 unspecified atom stereocenters. The van der Waals surface area contributed by atoms with Gasteiger partial charge in [-0.05, 0) is 19.1 Å². The molecule has 0 amide bonds. The van der Waals surface area contributed by atoms with Crippen molar-refractivity contribution in [1.29, 1.82) is 0 Å². The van der Waals surface area contributed by atoms with Crippen molar-refractivity contribution in [3.63, 3.8) is 0 Å². The third kappa shape index (κ3) is 6.51. The van der Waals surface area contributed by atoms with Crippen molar-refractivity contribution in [3.8, 4) is 0 Å². The Morgan fingerprint density at radius 1 is 0.861 bits per heavy atom. The fraction of sp³-hybridized carbons (Fsp3) is 0.462. The molecule has 1 aliphatic heterocycles. The second-order valence-electron chi connectivity index (χ2n) is 8.19. The Hall–Kier alpha value is -3.66. The van der Waals surface area contributed by atoms with E-state index in [4.69, 9.17) is 23.7 Å². The van der Waals surface area contributed by atoms with E-state index in [1.165, 1.54) is 6.08 Å². The summed E-state index contributed by atoms with van der Waals surface area (Å²) in [6.45, 7) is 6.38. The van der Waals surface area contributed by atoms with E-state index in [2.05, 4.69) is 4.98 Å². The van der Waals surface area contributed by atoms with Gasteiger partial charge in [0.15, 0.2) is 12.2 Å². The normalized spacial score (nSPS) is 23.8. The molecule has 1 fully saturated rings. The highest BCUT2D eigenvalue weighted by atomic mass is 16.7. The van der Waals surface area contributed by atoms with E-state index in [-0.39, 0.29) is 19.3 Å². The summed E-state index contributed by atoms with van der Waals surface area (Å²) in [4.78, 5) is 52.3. The third-order valence-corrected chi connectivity index (χ3v) is 5.65. The van der Waals surface area contributed by atoms with E-state index in [1.54, 1.807) is 40.0 Å². The summed E-state index contributed by atoms with van der Waals surface area (Å²) < 4.78 is 27.7. The summed E-state index contributed by atoms with van der Waals surface area (Å²) in [6, 6.07) is 7.60. The molecule has 2 aromatic rings. The number of rotatable bonds is 9. The lowest BCUT2D eigenvalue weighted by molar-refractivity contribution is -0.292. The number of fused-ring (bicyclic) bond motifs is 1. The van der Waals surface area contributed by atoms with Crippen LogP contribution in [0.4, 0.5) is 0 Å². The van der Waals surface area contributed by atoms with Crippen LogP contribution in [0.15, 0.2) is 36.5 Å². The summed E-state index contributed by atoms with van der Waals surface area (Å²) in [5.41, 5.74) is 1.69. The monoisotopic (exact) mass is 501 g/mol. The maximum absolute atomic E-state index is 12.7. The molecule has 1 aromatic carbocycles. The van der Waals surface area contributed by atoms with E-state index in [1.807, 2.05) is 24.3 Å². The summed E-state index contributed by atoms with van der Waals surface area (Å²) in [7, 11) is 0. The van der Waals surface area contributed by atoms with Gasteiger partial charge in [0.2, 0.25) is 12.4 Å². The number of hydrogen-bond acceptors (Lipinski definition) is 9. The van der Waals surface area contributed by atoms with Gasteiger partial charge in [-0.3, -0.25) is 14.4 Å². The topological polar surface area (TPSA) is 130 Å². The molecule has 5 atom stereocenters. The summed E-state index contributed by atoms with van der Waals surface area (Å²) in [5, 5.41) is 0.922. The minimum Gasteiger partial charge on any atom is -0.455 e. The first-order valence-corrected chi connectivity index (χ1v) is 12.0. The fourth-order valence-electron chi connectivity index (χ4n) is 3.74. The van der Waals surface area contributed by atoms with Crippen molar-refractivity contribution in [2.45, 2.75) is 77.7 Å². The zero-order chi connectivity index (χ0) is 26.2. The molecule has 0 bridgehead atoms. The molecule has 0 saturated carbocycles. The zero-order valence-electron chi connectivity index (χ0n) is 20.7. The third-order valence-electron chi connectivity index (χ3n) is 5.65. The number of nitrogens with one attached hydrogen (secondary N) is 1. The first kappa shape index (κ1) is 26.9. The van der Waals surface area contributed by atoms with Crippen LogP contribution in [0.25, 0.3) is 17.0 Å². The van der Waals surface area contributed by atoms with Crippen molar-refractivity contribution in [2.75, 3.05) is 0 Å². The molecule has 3 rings (SSSR count). The molecule has 1 N–H and O–H groups in total. The first-order valence-electron chi connectivity index (χ1n) is 12.0. The average Bonchev–Trinajstić information content (AvgIpc) is 3.29. The largest absolute Gasteiger partial charge is 0.455 e. The number of aromatic amines is 1. The van der Waals surface area contributed by atoms with Gasteiger partial charge < -0.3 is 28.7 Å². The second kappa shape index (κ2) is 12.3. The second-order valence-corrected chi connectivity index (χ2v) is 8.19. The predicted octanol–water partition coefficient (Wildman–Crippen LogP) is 3.43. The Morgan fingerprint density at radius 3 is 2.08 bits per heavy atom. The van der Waals surface area contributed by atoms with Gasteiger partial charge in [-0.15, -0.1) is 0 Å². The Labute approximate surface area is 208 Å². The smallest absolute Gasteiger partial charge is 0.333 e. The van der Waals surface area contributed by atoms with Crippen LogP contribution in [-0.4, -0.2) is 59.6 Å². The predicted molar refractivity (Wildman–Crippen MR) is 128 cm³/mol. The van der Waals surface area contributed by atoms with Gasteiger partial charge in [0.1, 0.15) is 0 Å². The highest BCUT2D eigenvalue weighted by molar-refractivity contribution is 5.94. The van der Waals surface area contributed by atoms with E-state index in [9.17, 15) is 19.2 Å². The lowest BCUT2D eigenvalue weighted by atomic mass is 9.98. The Morgan fingerprint density at radius 2 is 1.44 bits per heavy atom. The standard InChI is InChI=1S/C26H31NO9/c1-5-19(28)33-23-15(4)32-26(25(35-21(30)7-3)24(23)34-20(29)6-2)36-22(31)13-12-16-14-27-18-11-9-8-10-17(16)18/h8-15,23-27H,5-7H2,1-4H3/b13-12+/t15-,23-,24+,25-,26+/m1/s1. The SMILES string of the molecule is CCC(=O)O[C@@H]1[C@@H](OC(=O)CC)[C@H](OC(=O)/C=C/c2c[nH]c3ccccc23)O[C@H](C)[C@H]1OC(=O)CC. The maximum Gasteiger partial charge on any atom is 0.333 e. The maximum atomic E-state index is 12.7. The lowest BCUT2D eigenvalue weighted by Crippen LogP contribution is -2.61. The fourth-order valence-corrected chi connectivity index (χ4v) is 3.74. The van der Waals surface area contributed by atoms with Gasteiger partial charge in [0.05, 0.1) is 6.10 Å². The van der Waals surface area contributed by atoms with Crippen LogP contribution >= 0.6 is 0 Å². The summed E-state index contributed by atoms with van der Waals surface area (Å²) in [6.07, 6.45) is -1.19. The molecule has 1 aromatic heterocycles. The first-order chi connectivity index (χ1) is 17.3. The molecule has 194 valence electrons. The van der Waals surface area contributed by atoms with Crippen LogP contribution in [0.3, 0.4) is 0 Å². The molecule has 0 spiro atoms. The van der Waals surface area contributed by atoms with Gasteiger partial charge in [0.25, 0.3) is 0 Å². The number of aromatic nitrogens is 1. The number of hydrogen-bond donors (Lipinski definition) is 1. The van der Waals surface area contributed by atoms with Gasteiger partial charge in [-0.2, -0.15) is 0 Å². The van der Waals surface area contributed by atoms with Crippen LogP contribution in [0.2, 0.25) is 0 Å². The average molecular weight is 502 g/mol. The van der Waals surface area contributed by atoms with Crippen molar-refractivity contribution in [3.05, 3.63) is 42.1 Å². The van der Waals surface area contributed by atoms with Crippen molar-refractivity contribution < 1.29 is 42.9 Å². The van der Waals surface area contributed by atoms with Crippen LogP contribution < -0.4 is 0 Å². The molecule has 0 aliphatic carbocycles. The Balaban J connectivity index is 1.85. The number of benzene rings is 1. The summed E-state index contributed by atoms with van der Waals surface area (Å²) in [5.74, 6) is -2.55. The quantitative estimate of drug-likeness (QED) is 0.312. The highest BCUT2D eigenvalue weighted by Crippen LogP contribution is 2.30. The Kier molecular flexibility index (Phi) is 9.24. The molecule has 36 heavy (non-hydrogen) atoms. The molecule has 1 saturated heterocycles. The van der Waals surface area contributed by atoms with Crippen LogP contribution in [-0.2, 0) is 42.9 Å². The van der Waals surface area contributed by atoms with Crippen LogP contribution in [0.5, 0.6) is 0 Å². The molecule has 10 heteroatoms. The number of para-hydroxylation sites is 1. The number of ether oxygens (including phenoxy) is 5. The van der Waals surface area contributed by atoms with Gasteiger partial charge >= 0.3 is 23.9 Å². The number of carbonyl (C=O) groups is 4. The zero-order valence-corrected chi connectivity index (χ0v) is 20.7. The van der Waals surface area contributed by atoms with Crippen molar-refractivity contribution >= 4 is 40.9 Å². The molecular weight excluding hydrogens is 470 g/mol. The molecule has 1 aliphatic rings. The van der Waals surface area contributed by atoms with Crippen LogP contribution in [0, 0.1) is 0 Å². The minimum atomic E-state index is -1.40. The van der Waals surface area contributed by atoms with Gasteiger partial charge in [-0.25, -0.2) is 4.79 Å². The van der Waals surface area contributed by atoms with E-state index in [0.29, 0.717) is 0 Å². The molecular formula is C26H31NO9. The molecule has 2 heterocycles. The number of carbonyl (C=O) groups excluding carboxylic acids is 4. The Bertz CT molecular complexity index is 1120. The molecule has 10 nitrogen and oxygen atoms in total. The van der Waals surface area contributed by atoms with Gasteiger partial charge in [-0.1, -0.05) is 39.0 Å². The van der Waals surface area contributed by atoms with Crippen molar-refractivity contribution in [2.24, 2.45) is 0 Å². The highest BCUT2D eigenvalue weighted by Gasteiger charge is 2.52. The van der Waals surface area contributed by atoms with Crippen LogP contribution in [0.1, 0.15) is 52.5 Å².